The number of fused-ring (bicyclic) bond motifs is 2. The van der Waals surface area contributed by atoms with Gasteiger partial charge in [0.05, 0.1) is 41.9 Å². The summed E-state index contributed by atoms with van der Waals surface area (Å²) in [6.07, 6.45) is 2.39. The molecule has 0 spiro atoms. The Labute approximate surface area is 237 Å². The molecule has 4 aromatic rings. The normalized spacial score (nSPS) is 18.6. The average molecular weight is 564 g/mol. The van der Waals surface area contributed by atoms with E-state index in [4.69, 9.17) is 14.7 Å². The van der Waals surface area contributed by atoms with Crippen molar-refractivity contribution in [2.45, 2.75) is 44.7 Å². The molecule has 0 bridgehead atoms. The van der Waals surface area contributed by atoms with Crippen LogP contribution in [0.4, 0.5) is 8.78 Å². The fraction of sp³-hybridized carbons (Fsp3) is 0.467. The Morgan fingerprint density at radius 1 is 1.12 bits per heavy atom. The zero-order chi connectivity index (χ0) is 28.8. The first kappa shape index (κ1) is 27.5. The fourth-order valence-corrected chi connectivity index (χ4v) is 6.30. The van der Waals surface area contributed by atoms with Gasteiger partial charge in [-0.15, -0.1) is 0 Å². The first-order valence-electron chi connectivity index (χ1n) is 14.0. The van der Waals surface area contributed by atoms with Crippen LogP contribution < -0.4 is 0 Å². The van der Waals surface area contributed by atoms with Crippen molar-refractivity contribution in [2.24, 2.45) is 7.05 Å². The van der Waals surface area contributed by atoms with Crippen molar-refractivity contribution in [3.8, 4) is 22.5 Å². The number of pyridine rings is 1. The number of hydrogen-bond donors (Lipinski definition) is 0. The number of benzene rings is 1. The van der Waals surface area contributed by atoms with Gasteiger partial charge in [0, 0.05) is 61.9 Å². The van der Waals surface area contributed by atoms with Crippen molar-refractivity contribution in [1.82, 2.24) is 34.1 Å². The Bertz CT molecular complexity index is 1590. The van der Waals surface area contributed by atoms with Crippen LogP contribution in [0.25, 0.3) is 33.4 Å². The lowest BCUT2D eigenvalue weighted by atomic mass is 9.95. The van der Waals surface area contributed by atoms with Gasteiger partial charge in [-0.05, 0) is 45.0 Å². The van der Waals surface area contributed by atoms with Crippen LogP contribution in [-0.2, 0) is 23.1 Å². The van der Waals surface area contributed by atoms with Crippen molar-refractivity contribution < 1.29 is 18.3 Å². The van der Waals surface area contributed by atoms with Gasteiger partial charge < -0.3 is 19.1 Å². The molecule has 0 aliphatic carbocycles. The van der Waals surface area contributed by atoms with E-state index in [1.807, 2.05) is 25.1 Å². The maximum absolute atomic E-state index is 14.4. The minimum absolute atomic E-state index is 0.0425. The largest absolute Gasteiger partial charge is 0.383 e. The molecule has 1 aromatic carbocycles. The molecular weight excluding hydrogens is 528 g/mol. The number of hydrogen-bond acceptors (Lipinski definition) is 6. The molecule has 11 heteroatoms. The number of aryl methyl sites for hydroxylation is 1. The molecule has 1 amide bonds. The van der Waals surface area contributed by atoms with Gasteiger partial charge in [-0.2, -0.15) is 5.10 Å². The molecule has 0 unspecified atom stereocenters. The van der Waals surface area contributed by atoms with Crippen LogP contribution in [0, 0.1) is 0 Å². The van der Waals surface area contributed by atoms with E-state index < -0.39 is 12.5 Å². The van der Waals surface area contributed by atoms with Gasteiger partial charge in [0.1, 0.15) is 11.9 Å². The highest BCUT2D eigenvalue weighted by Gasteiger charge is 2.36. The van der Waals surface area contributed by atoms with E-state index in [9.17, 15) is 13.6 Å². The number of alkyl halides is 2. The minimum atomic E-state index is -2.71. The maximum atomic E-state index is 14.4. The first-order valence-corrected chi connectivity index (χ1v) is 14.0. The summed E-state index contributed by atoms with van der Waals surface area (Å²) >= 11 is 0. The third kappa shape index (κ3) is 4.91. The monoisotopic (exact) mass is 563 g/mol. The van der Waals surface area contributed by atoms with E-state index >= 15 is 0 Å². The van der Waals surface area contributed by atoms with Crippen LogP contribution in [0.2, 0.25) is 0 Å². The predicted octanol–water partition coefficient (Wildman–Crippen LogP) is 4.80. The molecule has 0 radical (unpaired) electrons. The number of amides is 1. The van der Waals surface area contributed by atoms with Gasteiger partial charge in [0.2, 0.25) is 5.91 Å². The second kappa shape index (κ2) is 10.9. The van der Waals surface area contributed by atoms with Crippen LogP contribution in [0.15, 0.2) is 36.7 Å². The van der Waals surface area contributed by atoms with Gasteiger partial charge >= 0.3 is 0 Å². The highest BCUT2D eigenvalue weighted by Crippen LogP contribution is 2.41. The molecule has 216 valence electrons. The summed E-state index contributed by atoms with van der Waals surface area (Å²) in [5.41, 5.74) is 3.64. The Kier molecular flexibility index (Phi) is 7.33. The maximum Gasteiger partial charge on any atom is 0.265 e. The number of halogens is 2. The topological polar surface area (TPSA) is 81.3 Å². The zero-order valence-electron chi connectivity index (χ0n) is 23.8. The molecule has 0 saturated carbocycles. The van der Waals surface area contributed by atoms with Gasteiger partial charge in [-0.25, -0.2) is 18.7 Å². The average Bonchev–Trinajstić information content (AvgIpc) is 3.57. The Hall–Kier alpha value is -3.70. The Balaban J connectivity index is 1.48. The van der Waals surface area contributed by atoms with Crippen molar-refractivity contribution in [1.29, 1.82) is 0 Å². The molecule has 3 aromatic heterocycles. The van der Waals surface area contributed by atoms with Crippen LogP contribution >= 0.6 is 0 Å². The highest BCUT2D eigenvalue weighted by atomic mass is 19.3. The van der Waals surface area contributed by atoms with E-state index in [0.717, 1.165) is 55.3 Å². The number of methoxy groups -OCH3 is 1. The number of rotatable bonds is 7. The highest BCUT2D eigenvalue weighted by molar-refractivity contribution is 5.96. The third-order valence-electron chi connectivity index (χ3n) is 8.47. The number of likely N-dealkylation sites (N-methyl/N-ethyl adjacent to an activating group) is 1. The number of imidazole rings is 1. The van der Waals surface area contributed by atoms with Crippen molar-refractivity contribution in [2.75, 3.05) is 40.4 Å². The van der Waals surface area contributed by atoms with E-state index in [0.29, 0.717) is 29.6 Å². The van der Waals surface area contributed by atoms with Crippen LogP contribution in [0.1, 0.15) is 55.2 Å². The van der Waals surface area contributed by atoms with Gasteiger partial charge in [-0.1, -0.05) is 12.1 Å². The summed E-state index contributed by atoms with van der Waals surface area (Å²) in [7, 11) is 5.26. The van der Waals surface area contributed by atoms with Gasteiger partial charge in [0.25, 0.3) is 6.43 Å². The molecule has 1 atom stereocenters. The molecule has 6 rings (SSSR count). The number of nitrogens with zero attached hydrogens (tertiary/aromatic N) is 7. The van der Waals surface area contributed by atoms with Crippen molar-refractivity contribution in [3.05, 3.63) is 53.7 Å². The molecule has 5 heterocycles. The van der Waals surface area contributed by atoms with Crippen molar-refractivity contribution >= 4 is 16.8 Å². The number of likely N-dealkylation sites (tertiary alicyclic amines) is 1. The standard InChI is InChI=1S/C30H35F2N7O2/c1-18-30(40)36(2)17-25-27(35-29(39(18)25)19-8-10-38(11-9-19)12-13-41-4)21-6-5-7-24-22(21)14-23(28(31)32)26(34-24)20-15-33-37(3)16-20/h5-7,14-16,18-19,28H,8-13,17H2,1-4H3/t18-/m0/s1. The first-order chi connectivity index (χ1) is 19.8. The van der Waals surface area contributed by atoms with Crippen LogP contribution in [0.3, 0.4) is 0 Å². The summed E-state index contributed by atoms with van der Waals surface area (Å²) in [6.45, 7) is 5.77. The quantitative estimate of drug-likeness (QED) is 0.322. The fourth-order valence-electron chi connectivity index (χ4n) is 6.30. The summed E-state index contributed by atoms with van der Waals surface area (Å²) in [4.78, 5) is 27.1. The molecule has 1 saturated heterocycles. The van der Waals surface area contributed by atoms with E-state index in [1.165, 1.54) is 0 Å². The SMILES string of the molecule is COCCN1CCC(c2nc(-c3cccc4nc(-c5cnn(C)c5)c(C(F)F)cc34)c3n2[C@@H](C)C(=O)N(C)C3)CC1. The lowest BCUT2D eigenvalue weighted by molar-refractivity contribution is -0.135. The lowest BCUT2D eigenvalue weighted by Gasteiger charge is -2.35. The van der Waals surface area contributed by atoms with E-state index in [-0.39, 0.29) is 23.1 Å². The van der Waals surface area contributed by atoms with Crippen LogP contribution in [0.5, 0.6) is 0 Å². The number of carbonyl (C=O) groups excluding carboxylic acids is 1. The number of aromatic nitrogens is 5. The number of piperidine rings is 1. The lowest BCUT2D eigenvalue weighted by Crippen LogP contribution is -2.41. The molecular formula is C30H35F2N7O2. The van der Waals surface area contributed by atoms with Crippen LogP contribution in [-0.4, -0.2) is 80.4 Å². The molecule has 0 N–H and O–H groups in total. The third-order valence-corrected chi connectivity index (χ3v) is 8.47. The molecule has 2 aliphatic rings. The Morgan fingerprint density at radius 2 is 1.90 bits per heavy atom. The zero-order valence-corrected chi connectivity index (χ0v) is 23.8. The summed E-state index contributed by atoms with van der Waals surface area (Å²) in [5, 5.41) is 4.77. The van der Waals surface area contributed by atoms with E-state index in [1.54, 1.807) is 49.2 Å². The van der Waals surface area contributed by atoms with Crippen molar-refractivity contribution in [3.63, 3.8) is 0 Å². The summed E-state index contributed by atoms with van der Waals surface area (Å²) in [5.74, 6) is 1.14. The molecule has 1 fully saturated rings. The predicted molar refractivity (Wildman–Crippen MR) is 152 cm³/mol. The summed E-state index contributed by atoms with van der Waals surface area (Å²) < 4.78 is 37.8. The second-order valence-corrected chi connectivity index (χ2v) is 11.1. The van der Waals surface area contributed by atoms with Gasteiger partial charge in [-0.3, -0.25) is 9.48 Å². The smallest absolute Gasteiger partial charge is 0.265 e. The number of carbonyl (C=O) groups is 1. The van der Waals surface area contributed by atoms with Gasteiger partial charge in [0.15, 0.2) is 0 Å². The summed E-state index contributed by atoms with van der Waals surface area (Å²) in [6, 6.07) is 6.80. The molecule has 2 aliphatic heterocycles. The van der Waals surface area contributed by atoms with E-state index in [2.05, 4.69) is 14.6 Å². The minimum Gasteiger partial charge on any atom is -0.383 e. The number of ether oxygens (including phenoxy) is 1. The Morgan fingerprint density at radius 3 is 2.59 bits per heavy atom. The molecule has 9 nitrogen and oxygen atoms in total. The molecule has 41 heavy (non-hydrogen) atoms. The second-order valence-electron chi connectivity index (χ2n) is 11.1.